The van der Waals surface area contributed by atoms with Crippen molar-refractivity contribution in [3.05, 3.63) is 61.5 Å². The van der Waals surface area contributed by atoms with E-state index in [2.05, 4.69) is 20.8 Å². The fourth-order valence-electron chi connectivity index (χ4n) is 1.70. The number of hydrazine groups is 1. The quantitative estimate of drug-likeness (QED) is 0.451. The molecule has 0 unspecified atom stereocenters. The lowest BCUT2D eigenvalue weighted by molar-refractivity contribution is -0.384. The van der Waals surface area contributed by atoms with Crippen LogP contribution >= 0.6 is 11.6 Å². The number of aromatic nitrogens is 2. The highest BCUT2D eigenvalue weighted by atomic mass is 35.5. The lowest BCUT2D eigenvalue weighted by Crippen LogP contribution is -2.31. The lowest BCUT2D eigenvalue weighted by atomic mass is 10.1. The minimum Gasteiger partial charge on any atom is -0.276 e. The minimum atomic E-state index is -0.785. The molecule has 0 aliphatic rings. The van der Waals surface area contributed by atoms with Gasteiger partial charge in [0.2, 0.25) is 16.9 Å². The molecule has 2 aromatic rings. The van der Waals surface area contributed by atoms with Crippen LogP contribution < -0.4 is 10.9 Å². The number of amides is 1. The summed E-state index contributed by atoms with van der Waals surface area (Å²) >= 11 is 5.61. The average molecular weight is 353 g/mol. The molecule has 1 heterocycles. The normalized spacial score (nSPS) is 10.0. The Kier molecular flexibility index (Phi) is 5.16. The molecule has 12 heteroatoms. The van der Waals surface area contributed by atoms with Crippen molar-refractivity contribution >= 4 is 34.7 Å². The van der Waals surface area contributed by atoms with Crippen molar-refractivity contribution in [3.63, 3.8) is 0 Å². The Hall–Kier alpha value is -3.34. The van der Waals surface area contributed by atoms with Crippen molar-refractivity contribution in [2.24, 2.45) is 0 Å². The second-order valence-electron chi connectivity index (χ2n) is 4.39. The fourth-order valence-corrected chi connectivity index (χ4v) is 1.91. The highest BCUT2D eigenvalue weighted by molar-refractivity contribution is 6.31. The van der Waals surface area contributed by atoms with E-state index < -0.39 is 21.4 Å². The van der Waals surface area contributed by atoms with E-state index in [-0.39, 0.29) is 23.1 Å². The number of rotatable bonds is 6. The molecular formula is C12H9ClN6O5. The van der Waals surface area contributed by atoms with Gasteiger partial charge >= 0.3 is 5.69 Å². The third-order valence-electron chi connectivity index (χ3n) is 2.79. The molecule has 0 saturated heterocycles. The Bertz CT molecular complexity index is 797. The first-order valence-electron chi connectivity index (χ1n) is 6.31. The van der Waals surface area contributed by atoms with Crippen LogP contribution in [0.2, 0.25) is 5.15 Å². The van der Waals surface area contributed by atoms with Gasteiger partial charge in [0, 0.05) is 12.1 Å². The van der Waals surface area contributed by atoms with Gasteiger partial charge in [-0.2, -0.15) is 0 Å². The molecule has 0 fully saturated rings. The van der Waals surface area contributed by atoms with E-state index in [4.69, 9.17) is 11.6 Å². The van der Waals surface area contributed by atoms with Crippen LogP contribution in [-0.2, 0) is 11.2 Å². The Morgan fingerprint density at radius 1 is 1.12 bits per heavy atom. The molecule has 1 aromatic carbocycles. The molecular weight excluding hydrogens is 344 g/mol. The van der Waals surface area contributed by atoms with Crippen molar-refractivity contribution < 1.29 is 14.6 Å². The van der Waals surface area contributed by atoms with Gasteiger partial charge in [0.25, 0.3) is 5.69 Å². The van der Waals surface area contributed by atoms with E-state index >= 15 is 0 Å². The van der Waals surface area contributed by atoms with Gasteiger partial charge in [-0.3, -0.25) is 35.9 Å². The minimum absolute atomic E-state index is 0.0939. The topological polar surface area (TPSA) is 153 Å². The zero-order valence-electron chi connectivity index (χ0n) is 11.8. The summed E-state index contributed by atoms with van der Waals surface area (Å²) in [6.45, 7) is 0. The number of hydrogen-bond acceptors (Lipinski definition) is 8. The van der Waals surface area contributed by atoms with Crippen molar-refractivity contribution in [1.82, 2.24) is 15.4 Å². The van der Waals surface area contributed by atoms with E-state index in [0.29, 0.717) is 5.56 Å². The summed E-state index contributed by atoms with van der Waals surface area (Å²) in [6.07, 6.45) is 0.901. The molecule has 2 rings (SSSR count). The molecule has 24 heavy (non-hydrogen) atoms. The van der Waals surface area contributed by atoms with Crippen molar-refractivity contribution in [2.75, 3.05) is 5.43 Å². The van der Waals surface area contributed by atoms with Crippen LogP contribution in [-0.4, -0.2) is 25.7 Å². The monoisotopic (exact) mass is 352 g/mol. The molecule has 0 aliphatic heterocycles. The Labute approximate surface area is 138 Å². The number of hydrogen-bond donors (Lipinski definition) is 2. The number of carbonyl (C=O) groups excluding carboxylic acids is 1. The van der Waals surface area contributed by atoms with Crippen LogP contribution in [0.3, 0.4) is 0 Å². The van der Waals surface area contributed by atoms with Crippen LogP contribution in [0.5, 0.6) is 0 Å². The van der Waals surface area contributed by atoms with Crippen LogP contribution in [0.25, 0.3) is 0 Å². The van der Waals surface area contributed by atoms with Crippen molar-refractivity contribution in [2.45, 2.75) is 6.42 Å². The number of nitrogens with zero attached hydrogens (tertiary/aromatic N) is 4. The third-order valence-corrected chi connectivity index (χ3v) is 3.07. The molecule has 0 bridgehead atoms. The second kappa shape index (κ2) is 7.28. The van der Waals surface area contributed by atoms with Crippen LogP contribution in [0.4, 0.5) is 17.2 Å². The van der Waals surface area contributed by atoms with Gasteiger partial charge in [-0.05, 0) is 5.56 Å². The zero-order chi connectivity index (χ0) is 17.7. The largest absolute Gasteiger partial charge is 0.350 e. The lowest BCUT2D eigenvalue weighted by Gasteiger charge is -2.08. The smallest absolute Gasteiger partial charge is 0.276 e. The number of nitrogens with one attached hydrogen (secondary N) is 2. The van der Waals surface area contributed by atoms with Crippen molar-refractivity contribution in [1.29, 1.82) is 0 Å². The van der Waals surface area contributed by atoms with Gasteiger partial charge < -0.3 is 0 Å². The van der Waals surface area contributed by atoms with Crippen molar-refractivity contribution in [3.8, 4) is 0 Å². The summed E-state index contributed by atoms with van der Waals surface area (Å²) in [5.41, 5.74) is 4.39. The van der Waals surface area contributed by atoms with Gasteiger partial charge in [-0.15, -0.1) is 0 Å². The predicted molar refractivity (Wildman–Crippen MR) is 82.3 cm³/mol. The maximum atomic E-state index is 11.8. The number of anilines is 1. The number of non-ortho nitro benzene ring substituents is 1. The Morgan fingerprint density at radius 2 is 1.79 bits per heavy atom. The van der Waals surface area contributed by atoms with Gasteiger partial charge in [-0.25, -0.2) is 9.97 Å². The summed E-state index contributed by atoms with van der Waals surface area (Å²) in [5.74, 6) is -0.801. The third kappa shape index (κ3) is 4.10. The molecule has 124 valence electrons. The highest BCUT2D eigenvalue weighted by Gasteiger charge is 2.21. The second-order valence-corrected chi connectivity index (χ2v) is 4.75. The predicted octanol–water partition coefficient (Wildman–Crippen LogP) is 1.63. The first kappa shape index (κ1) is 17.0. The van der Waals surface area contributed by atoms with Crippen LogP contribution in [0.15, 0.2) is 30.6 Å². The van der Waals surface area contributed by atoms with Gasteiger partial charge in [0.05, 0.1) is 16.3 Å². The molecule has 0 atom stereocenters. The van der Waals surface area contributed by atoms with E-state index in [0.717, 1.165) is 6.33 Å². The molecule has 0 radical (unpaired) electrons. The summed E-state index contributed by atoms with van der Waals surface area (Å²) < 4.78 is 0. The summed E-state index contributed by atoms with van der Waals surface area (Å²) in [5, 5.41) is 21.1. The Balaban J connectivity index is 2.00. The van der Waals surface area contributed by atoms with E-state index in [1.807, 2.05) is 0 Å². The molecule has 1 aromatic heterocycles. The summed E-state index contributed by atoms with van der Waals surface area (Å²) in [7, 11) is 0. The van der Waals surface area contributed by atoms with E-state index in [1.165, 1.54) is 24.3 Å². The molecule has 11 nitrogen and oxygen atoms in total. The highest BCUT2D eigenvalue weighted by Crippen LogP contribution is 2.27. The van der Waals surface area contributed by atoms with Gasteiger partial charge in [0.1, 0.15) is 6.33 Å². The summed E-state index contributed by atoms with van der Waals surface area (Å²) in [4.78, 5) is 39.0. The van der Waals surface area contributed by atoms with Crippen LogP contribution in [0.1, 0.15) is 5.56 Å². The first-order valence-corrected chi connectivity index (χ1v) is 6.69. The fraction of sp³-hybridized carbons (Fsp3) is 0.0833. The van der Waals surface area contributed by atoms with E-state index in [1.54, 1.807) is 0 Å². The van der Waals surface area contributed by atoms with Gasteiger partial charge in [-0.1, -0.05) is 23.7 Å². The molecule has 0 saturated carbocycles. The standard InChI is InChI=1S/C12H9ClN6O5/c13-11-10(19(23)24)12(15-6-14-11)17-16-9(20)5-7-1-3-8(4-2-7)18(21)22/h1-4,6H,5H2,(H,16,20)(H,14,15,17). The maximum Gasteiger partial charge on any atom is 0.350 e. The first-order chi connectivity index (χ1) is 11.4. The number of benzene rings is 1. The van der Waals surface area contributed by atoms with E-state index in [9.17, 15) is 25.0 Å². The van der Waals surface area contributed by atoms with Gasteiger partial charge in [0.15, 0.2) is 0 Å². The summed E-state index contributed by atoms with van der Waals surface area (Å²) in [6, 6.07) is 5.40. The number of carbonyl (C=O) groups is 1. The molecule has 0 spiro atoms. The number of nitro benzene ring substituents is 1. The molecule has 0 aliphatic carbocycles. The van der Waals surface area contributed by atoms with Crippen LogP contribution in [0, 0.1) is 20.2 Å². The maximum absolute atomic E-state index is 11.8. The molecule has 1 amide bonds. The Morgan fingerprint density at radius 3 is 2.38 bits per heavy atom. The zero-order valence-corrected chi connectivity index (χ0v) is 12.6. The number of halogens is 1. The average Bonchev–Trinajstić information content (AvgIpc) is 2.53. The number of nitro groups is 2. The molecule has 2 N–H and O–H groups in total. The SMILES string of the molecule is O=C(Cc1ccc([N+](=O)[O-])cc1)NNc1ncnc(Cl)c1[N+](=O)[O-].